The van der Waals surface area contributed by atoms with Crippen molar-refractivity contribution < 1.29 is 22.7 Å². The molecular weight excluding hydrogens is 415 g/mol. The van der Waals surface area contributed by atoms with E-state index in [0.717, 1.165) is 22.4 Å². The molecule has 4 aromatic rings. The van der Waals surface area contributed by atoms with Crippen molar-refractivity contribution in [2.24, 2.45) is 0 Å². The summed E-state index contributed by atoms with van der Waals surface area (Å²) in [7, 11) is 0. The van der Waals surface area contributed by atoms with E-state index in [4.69, 9.17) is 0 Å². The first kappa shape index (κ1) is 20.1. The molecule has 1 N–H and O–H groups in total. The van der Waals surface area contributed by atoms with Crippen LogP contribution >= 0.6 is 0 Å². The minimum absolute atomic E-state index is 0.243. The Hall–Kier alpha value is -4.15. The van der Waals surface area contributed by atoms with Crippen LogP contribution in [-0.2, 0) is 11.3 Å². The standard InChI is InChI=1S/C20H14F3N5O3/c21-20(22,23)31-15-8-6-13(7-9-15)26-17(29)11-27-12-24-18-16(19(27)30)10-25-28(18)14-4-2-1-3-5-14/h1-10,12H,11H2,(H,26,29). The van der Waals surface area contributed by atoms with Crippen molar-refractivity contribution in [3.05, 3.63) is 77.5 Å². The molecule has 158 valence electrons. The van der Waals surface area contributed by atoms with Crippen LogP contribution in [0.4, 0.5) is 18.9 Å². The number of hydrogen-bond acceptors (Lipinski definition) is 5. The van der Waals surface area contributed by atoms with Gasteiger partial charge in [0.2, 0.25) is 5.91 Å². The molecule has 0 aliphatic rings. The summed E-state index contributed by atoms with van der Waals surface area (Å²) >= 11 is 0. The number of rotatable bonds is 5. The first-order chi connectivity index (χ1) is 14.8. The number of nitrogens with one attached hydrogen (secondary N) is 1. The van der Waals surface area contributed by atoms with Gasteiger partial charge in [-0.25, -0.2) is 9.67 Å². The minimum Gasteiger partial charge on any atom is -0.406 e. The molecule has 0 aliphatic heterocycles. The van der Waals surface area contributed by atoms with E-state index in [1.54, 1.807) is 0 Å². The molecule has 2 aromatic carbocycles. The van der Waals surface area contributed by atoms with Crippen molar-refractivity contribution >= 4 is 22.6 Å². The Labute approximate surface area is 172 Å². The van der Waals surface area contributed by atoms with Crippen LogP contribution in [0.25, 0.3) is 16.7 Å². The summed E-state index contributed by atoms with van der Waals surface area (Å²) in [6.07, 6.45) is -2.18. The molecule has 0 unspecified atom stereocenters. The van der Waals surface area contributed by atoms with Crippen molar-refractivity contribution in [2.75, 3.05) is 5.32 Å². The zero-order valence-electron chi connectivity index (χ0n) is 15.7. The third kappa shape index (κ3) is 4.55. The number of nitrogens with zero attached hydrogens (tertiary/aromatic N) is 4. The van der Waals surface area contributed by atoms with Gasteiger partial charge in [0.25, 0.3) is 5.56 Å². The maximum Gasteiger partial charge on any atom is 0.573 e. The second kappa shape index (κ2) is 7.94. The first-order valence-corrected chi connectivity index (χ1v) is 8.94. The maximum atomic E-state index is 12.7. The third-order valence-corrected chi connectivity index (χ3v) is 4.24. The highest BCUT2D eigenvalue weighted by Gasteiger charge is 2.31. The molecule has 1 amide bonds. The Kier molecular flexibility index (Phi) is 5.15. The first-order valence-electron chi connectivity index (χ1n) is 8.94. The van der Waals surface area contributed by atoms with Crippen molar-refractivity contribution in [1.82, 2.24) is 19.3 Å². The fourth-order valence-corrected chi connectivity index (χ4v) is 2.91. The number of carbonyl (C=O) groups excluding carboxylic acids is 1. The summed E-state index contributed by atoms with van der Waals surface area (Å²) in [6, 6.07) is 13.8. The summed E-state index contributed by atoms with van der Waals surface area (Å²) in [4.78, 5) is 29.2. The molecule has 2 aromatic heterocycles. The number of fused-ring (bicyclic) bond motifs is 1. The summed E-state index contributed by atoms with van der Waals surface area (Å²) in [6.45, 7) is -0.334. The second-order valence-electron chi connectivity index (χ2n) is 6.43. The molecule has 0 aliphatic carbocycles. The number of benzene rings is 2. The lowest BCUT2D eigenvalue weighted by Gasteiger charge is -2.10. The van der Waals surface area contributed by atoms with Gasteiger partial charge >= 0.3 is 6.36 Å². The molecular formula is C20H14F3N5O3. The molecule has 0 fully saturated rings. The van der Waals surface area contributed by atoms with Crippen molar-refractivity contribution in [2.45, 2.75) is 12.9 Å². The van der Waals surface area contributed by atoms with Crippen LogP contribution in [0.5, 0.6) is 5.75 Å². The summed E-state index contributed by atoms with van der Waals surface area (Å²) in [5, 5.41) is 6.94. The van der Waals surface area contributed by atoms with Gasteiger partial charge < -0.3 is 10.1 Å². The fourth-order valence-electron chi connectivity index (χ4n) is 2.91. The number of amides is 1. The number of para-hydroxylation sites is 1. The number of alkyl halides is 3. The van der Waals surface area contributed by atoms with Crippen molar-refractivity contribution in [3.63, 3.8) is 0 Å². The molecule has 0 spiro atoms. The number of hydrogen-bond donors (Lipinski definition) is 1. The Morgan fingerprint density at radius 1 is 1.06 bits per heavy atom. The average molecular weight is 429 g/mol. The highest BCUT2D eigenvalue weighted by atomic mass is 19.4. The van der Waals surface area contributed by atoms with Crippen molar-refractivity contribution in [1.29, 1.82) is 0 Å². The molecule has 0 atom stereocenters. The molecule has 0 saturated heterocycles. The second-order valence-corrected chi connectivity index (χ2v) is 6.43. The van der Waals surface area contributed by atoms with Gasteiger partial charge in [0.1, 0.15) is 24.0 Å². The fraction of sp³-hybridized carbons (Fsp3) is 0.100. The van der Waals surface area contributed by atoms with Crippen LogP contribution in [0.15, 0.2) is 71.9 Å². The van der Waals surface area contributed by atoms with Gasteiger partial charge in [-0.2, -0.15) is 5.10 Å². The number of carbonyl (C=O) groups is 1. The topological polar surface area (TPSA) is 91.0 Å². The predicted octanol–water partition coefficient (Wildman–Crippen LogP) is 3.12. The highest BCUT2D eigenvalue weighted by molar-refractivity contribution is 5.90. The van der Waals surface area contributed by atoms with Gasteiger partial charge in [0.05, 0.1) is 11.9 Å². The number of halogens is 3. The molecule has 8 nitrogen and oxygen atoms in total. The molecule has 0 bridgehead atoms. The van der Waals surface area contributed by atoms with Gasteiger partial charge in [-0.3, -0.25) is 14.2 Å². The lowest BCUT2D eigenvalue weighted by atomic mass is 10.3. The highest BCUT2D eigenvalue weighted by Crippen LogP contribution is 2.24. The zero-order chi connectivity index (χ0) is 22.0. The molecule has 31 heavy (non-hydrogen) atoms. The van der Waals surface area contributed by atoms with Crippen LogP contribution in [0, 0.1) is 0 Å². The van der Waals surface area contributed by atoms with Crippen LogP contribution in [0.1, 0.15) is 0 Å². The van der Waals surface area contributed by atoms with E-state index >= 15 is 0 Å². The lowest BCUT2D eigenvalue weighted by molar-refractivity contribution is -0.274. The molecule has 0 radical (unpaired) electrons. The Morgan fingerprint density at radius 2 is 1.77 bits per heavy atom. The zero-order valence-corrected chi connectivity index (χ0v) is 15.7. The van der Waals surface area contributed by atoms with Crippen LogP contribution in [0.2, 0.25) is 0 Å². The quantitative estimate of drug-likeness (QED) is 0.527. The van der Waals surface area contributed by atoms with E-state index in [2.05, 4.69) is 20.1 Å². The third-order valence-electron chi connectivity index (χ3n) is 4.24. The monoisotopic (exact) mass is 429 g/mol. The van der Waals surface area contributed by atoms with E-state index in [-0.39, 0.29) is 17.6 Å². The van der Waals surface area contributed by atoms with Crippen LogP contribution in [-0.4, -0.2) is 31.6 Å². The minimum atomic E-state index is -4.80. The number of aromatic nitrogens is 4. The Balaban J connectivity index is 1.49. The maximum absolute atomic E-state index is 12.7. The Bertz CT molecular complexity index is 1280. The van der Waals surface area contributed by atoms with Gasteiger partial charge in [0, 0.05) is 5.69 Å². The summed E-state index contributed by atoms with van der Waals surface area (Å²) < 4.78 is 43.0. The smallest absolute Gasteiger partial charge is 0.406 e. The molecule has 2 heterocycles. The summed E-state index contributed by atoms with van der Waals surface area (Å²) in [5.74, 6) is -0.963. The van der Waals surface area contributed by atoms with Gasteiger partial charge in [-0.1, -0.05) is 18.2 Å². The van der Waals surface area contributed by atoms with Gasteiger partial charge in [0.15, 0.2) is 5.65 Å². The van der Waals surface area contributed by atoms with Gasteiger partial charge in [-0.15, -0.1) is 13.2 Å². The number of ether oxygens (including phenoxy) is 1. The van der Waals surface area contributed by atoms with Gasteiger partial charge in [-0.05, 0) is 36.4 Å². The predicted molar refractivity (Wildman–Crippen MR) is 105 cm³/mol. The number of anilines is 1. The van der Waals surface area contributed by atoms with E-state index in [0.29, 0.717) is 5.65 Å². The van der Waals surface area contributed by atoms with Crippen LogP contribution in [0.3, 0.4) is 0 Å². The SMILES string of the molecule is O=C(Cn1cnc2c(cnn2-c2ccccc2)c1=O)Nc1ccc(OC(F)(F)F)cc1. The van der Waals surface area contributed by atoms with E-state index in [1.807, 2.05) is 30.3 Å². The van der Waals surface area contributed by atoms with E-state index in [9.17, 15) is 22.8 Å². The van der Waals surface area contributed by atoms with Crippen molar-refractivity contribution in [3.8, 4) is 11.4 Å². The average Bonchev–Trinajstić information content (AvgIpc) is 3.16. The Morgan fingerprint density at radius 3 is 2.45 bits per heavy atom. The van der Waals surface area contributed by atoms with E-state index in [1.165, 1.54) is 29.3 Å². The largest absolute Gasteiger partial charge is 0.573 e. The lowest BCUT2D eigenvalue weighted by Crippen LogP contribution is -2.27. The normalized spacial score (nSPS) is 11.5. The summed E-state index contributed by atoms with van der Waals surface area (Å²) in [5.41, 5.74) is 0.890. The van der Waals surface area contributed by atoms with E-state index < -0.39 is 23.6 Å². The molecule has 0 saturated carbocycles. The molecule has 4 rings (SSSR count). The molecule has 11 heteroatoms. The van der Waals surface area contributed by atoms with Crippen LogP contribution < -0.4 is 15.6 Å².